The molecule has 0 bridgehead atoms. The normalized spacial score (nSPS) is 11.5. The smallest absolute Gasteiger partial charge is 0.342 e. The third-order valence-electron chi connectivity index (χ3n) is 2.54. The van der Waals surface area contributed by atoms with Crippen molar-refractivity contribution in [3.05, 3.63) is 0 Å². The summed E-state index contributed by atoms with van der Waals surface area (Å²) in [4.78, 5) is 22.0. The number of unbranched alkanes of at least 4 members (excludes halogenated alkanes) is 6. The summed E-state index contributed by atoms with van der Waals surface area (Å²) in [5, 5.41) is 8.84. The van der Waals surface area contributed by atoms with Crippen LogP contribution in [0.5, 0.6) is 0 Å². The largest absolute Gasteiger partial charge is 0.391 e. The SMILES string of the molecule is CCCCCCCCCC(=O)OC(=O)C(C)O.[Na]. The van der Waals surface area contributed by atoms with Crippen LogP contribution in [0.2, 0.25) is 0 Å². The van der Waals surface area contributed by atoms with Crippen molar-refractivity contribution in [2.24, 2.45) is 0 Å². The Bertz CT molecular complexity index is 229. The van der Waals surface area contributed by atoms with Crippen LogP contribution in [0.3, 0.4) is 0 Å². The van der Waals surface area contributed by atoms with Gasteiger partial charge in [-0.25, -0.2) is 4.79 Å². The van der Waals surface area contributed by atoms with E-state index in [4.69, 9.17) is 5.11 Å². The number of rotatable bonds is 9. The van der Waals surface area contributed by atoms with Crippen molar-refractivity contribution < 1.29 is 19.4 Å². The second-order valence-electron chi connectivity index (χ2n) is 4.34. The molecular formula is C13H24NaO4. The first-order valence-corrected chi connectivity index (χ1v) is 6.50. The number of ether oxygens (including phenoxy) is 1. The van der Waals surface area contributed by atoms with Gasteiger partial charge in [0.15, 0.2) is 0 Å². The Balaban J connectivity index is 0. The van der Waals surface area contributed by atoms with E-state index in [2.05, 4.69) is 11.7 Å². The summed E-state index contributed by atoms with van der Waals surface area (Å²) in [6.45, 7) is 3.46. The second-order valence-corrected chi connectivity index (χ2v) is 4.34. The van der Waals surface area contributed by atoms with Crippen LogP contribution in [0.1, 0.15) is 65.2 Å². The Morgan fingerprint density at radius 3 is 2.06 bits per heavy atom. The molecule has 5 heteroatoms. The van der Waals surface area contributed by atoms with Crippen molar-refractivity contribution in [1.82, 2.24) is 0 Å². The molecule has 0 aliphatic carbocycles. The van der Waals surface area contributed by atoms with Gasteiger partial charge in [0.1, 0.15) is 6.10 Å². The number of esters is 2. The van der Waals surface area contributed by atoms with Crippen molar-refractivity contribution in [3.8, 4) is 0 Å². The topological polar surface area (TPSA) is 63.6 Å². The van der Waals surface area contributed by atoms with E-state index in [0.29, 0.717) is 0 Å². The number of carbonyl (C=O) groups excluding carboxylic acids is 2. The number of hydrogen-bond acceptors (Lipinski definition) is 4. The van der Waals surface area contributed by atoms with Crippen LogP contribution in [0.15, 0.2) is 0 Å². The molecule has 0 rings (SSSR count). The first-order valence-electron chi connectivity index (χ1n) is 6.50. The number of hydrogen-bond donors (Lipinski definition) is 1. The quantitative estimate of drug-likeness (QED) is 0.301. The summed E-state index contributed by atoms with van der Waals surface area (Å²) in [6, 6.07) is 0. The van der Waals surface area contributed by atoms with E-state index in [9.17, 15) is 9.59 Å². The molecule has 0 fully saturated rings. The molecule has 4 nitrogen and oxygen atoms in total. The summed E-state index contributed by atoms with van der Waals surface area (Å²) in [5.74, 6) is -1.40. The first-order chi connectivity index (χ1) is 8.07. The Kier molecular flexibility index (Phi) is 15.3. The summed E-state index contributed by atoms with van der Waals surface area (Å²) in [6.07, 6.45) is 6.84. The maximum Gasteiger partial charge on any atom is 0.342 e. The number of carbonyl (C=O) groups is 2. The third kappa shape index (κ3) is 12.6. The summed E-state index contributed by atoms with van der Waals surface area (Å²) < 4.78 is 4.43. The molecule has 18 heavy (non-hydrogen) atoms. The van der Waals surface area contributed by atoms with E-state index in [1.54, 1.807) is 0 Å². The van der Waals surface area contributed by atoms with Crippen LogP contribution in [0.4, 0.5) is 0 Å². The molecule has 0 heterocycles. The van der Waals surface area contributed by atoms with Crippen LogP contribution in [0, 0.1) is 0 Å². The molecule has 1 N–H and O–H groups in total. The zero-order chi connectivity index (χ0) is 13.1. The molecule has 0 saturated carbocycles. The van der Waals surface area contributed by atoms with Crippen LogP contribution >= 0.6 is 0 Å². The molecule has 0 saturated heterocycles. The van der Waals surface area contributed by atoms with Crippen molar-refractivity contribution in [2.75, 3.05) is 0 Å². The Labute approximate surface area is 132 Å². The average Bonchev–Trinajstić information content (AvgIpc) is 2.27. The van der Waals surface area contributed by atoms with Gasteiger partial charge in [0.05, 0.1) is 0 Å². The van der Waals surface area contributed by atoms with Crippen molar-refractivity contribution in [1.29, 1.82) is 0 Å². The molecule has 0 amide bonds. The molecule has 0 aliphatic rings. The zero-order valence-electron chi connectivity index (χ0n) is 11.9. The summed E-state index contributed by atoms with van der Waals surface area (Å²) >= 11 is 0. The minimum Gasteiger partial charge on any atom is -0.391 e. The molecule has 0 aliphatic heterocycles. The van der Waals surface area contributed by atoms with Gasteiger partial charge in [-0.05, 0) is 13.3 Å². The predicted octanol–water partition coefficient (Wildman–Crippen LogP) is 2.20. The van der Waals surface area contributed by atoms with E-state index in [1.807, 2.05) is 0 Å². The van der Waals surface area contributed by atoms with Gasteiger partial charge in [-0.3, -0.25) is 4.79 Å². The summed E-state index contributed by atoms with van der Waals surface area (Å²) in [5.41, 5.74) is 0. The van der Waals surface area contributed by atoms with Crippen LogP contribution in [-0.4, -0.2) is 52.7 Å². The fraction of sp³-hybridized carbons (Fsp3) is 0.846. The number of aliphatic hydroxyl groups is 1. The standard InChI is InChI=1S/C13H24O4.Na/c1-3-4-5-6-7-8-9-10-12(15)17-13(16)11(2)14;/h11,14H,3-10H2,1-2H3;. The van der Waals surface area contributed by atoms with Crippen molar-refractivity contribution in [3.63, 3.8) is 0 Å². The van der Waals surface area contributed by atoms with Gasteiger partial charge < -0.3 is 9.84 Å². The van der Waals surface area contributed by atoms with E-state index in [0.717, 1.165) is 19.3 Å². The van der Waals surface area contributed by atoms with Crippen LogP contribution in [0.25, 0.3) is 0 Å². The maximum atomic E-state index is 11.1. The fourth-order valence-electron chi connectivity index (χ4n) is 1.47. The molecule has 0 spiro atoms. The molecule has 1 radical (unpaired) electrons. The third-order valence-corrected chi connectivity index (χ3v) is 2.54. The van der Waals surface area contributed by atoms with Gasteiger partial charge in [-0.2, -0.15) is 0 Å². The molecule has 0 aromatic rings. The van der Waals surface area contributed by atoms with Gasteiger partial charge in [-0.15, -0.1) is 0 Å². The zero-order valence-corrected chi connectivity index (χ0v) is 13.9. The molecule has 1 atom stereocenters. The molecular weight excluding hydrogens is 243 g/mol. The maximum absolute atomic E-state index is 11.1. The molecule has 0 aromatic carbocycles. The van der Waals surface area contributed by atoms with E-state index in [-0.39, 0.29) is 36.0 Å². The molecule has 101 valence electrons. The minimum atomic E-state index is -1.23. The van der Waals surface area contributed by atoms with E-state index in [1.165, 1.54) is 32.6 Å². The predicted molar refractivity (Wildman–Crippen MR) is 71.1 cm³/mol. The molecule has 1 unspecified atom stereocenters. The van der Waals surface area contributed by atoms with Crippen molar-refractivity contribution in [2.45, 2.75) is 71.3 Å². The molecule has 0 aromatic heterocycles. The van der Waals surface area contributed by atoms with Gasteiger partial charge >= 0.3 is 11.9 Å². The van der Waals surface area contributed by atoms with Crippen molar-refractivity contribution >= 4 is 41.5 Å². The Morgan fingerprint density at radius 2 is 1.56 bits per heavy atom. The minimum absolute atomic E-state index is 0. The second kappa shape index (κ2) is 13.5. The average molecular weight is 267 g/mol. The van der Waals surface area contributed by atoms with Gasteiger partial charge in [0.25, 0.3) is 0 Å². The van der Waals surface area contributed by atoms with Crippen LogP contribution < -0.4 is 0 Å². The monoisotopic (exact) mass is 267 g/mol. The summed E-state index contributed by atoms with van der Waals surface area (Å²) in [7, 11) is 0. The van der Waals surface area contributed by atoms with E-state index >= 15 is 0 Å². The van der Waals surface area contributed by atoms with E-state index < -0.39 is 18.0 Å². The van der Waals surface area contributed by atoms with Gasteiger partial charge in [0.2, 0.25) is 0 Å². The van der Waals surface area contributed by atoms with Crippen LogP contribution in [-0.2, 0) is 14.3 Å². The fourth-order valence-corrected chi connectivity index (χ4v) is 1.47. The Hall–Kier alpha value is 0.1000. The first kappa shape index (κ1) is 20.4. The van der Waals surface area contributed by atoms with Gasteiger partial charge in [-0.1, -0.05) is 45.4 Å². The number of aliphatic hydroxyl groups excluding tert-OH is 1. The Morgan fingerprint density at radius 1 is 1.06 bits per heavy atom. The van der Waals surface area contributed by atoms with Gasteiger partial charge in [0, 0.05) is 36.0 Å².